The highest BCUT2D eigenvalue weighted by Crippen LogP contribution is 2.03. The standard InChI is InChI=1S/C7H8N6/c8-12-10-3-6-1-2-7-9-5-11-13(7)4-6/h1-2,4-5H,3H2,(H2,8,10). The third kappa shape index (κ3) is 1.46. The molecule has 0 radical (unpaired) electrons. The lowest BCUT2D eigenvalue weighted by atomic mass is 10.3. The van der Waals surface area contributed by atoms with Crippen molar-refractivity contribution in [1.82, 2.24) is 14.6 Å². The zero-order valence-electron chi connectivity index (χ0n) is 6.83. The number of hydrogen-bond acceptors (Lipinski definition) is 4. The Labute approximate surface area is 74.1 Å². The highest BCUT2D eigenvalue weighted by Gasteiger charge is 1.96. The summed E-state index contributed by atoms with van der Waals surface area (Å²) < 4.78 is 1.68. The SMILES string of the molecule is NN=NCc1ccc2ncnn2c1. The molecular formula is C7H8N6. The van der Waals surface area contributed by atoms with E-state index in [1.165, 1.54) is 6.33 Å². The molecule has 0 amide bonds. The van der Waals surface area contributed by atoms with E-state index in [1.807, 2.05) is 18.3 Å². The van der Waals surface area contributed by atoms with Crippen molar-refractivity contribution in [1.29, 1.82) is 0 Å². The van der Waals surface area contributed by atoms with Crippen molar-refractivity contribution in [2.75, 3.05) is 0 Å². The molecule has 2 heterocycles. The average Bonchev–Trinajstić information content (AvgIpc) is 2.61. The Balaban J connectivity index is 2.36. The van der Waals surface area contributed by atoms with Crippen molar-refractivity contribution >= 4 is 5.65 Å². The molecule has 6 nitrogen and oxygen atoms in total. The zero-order chi connectivity index (χ0) is 9.10. The second kappa shape index (κ2) is 3.18. The molecule has 0 spiro atoms. The quantitative estimate of drug-likeness (QED) is 0.412. The molecule has 0 aliphatic heterocycles. The van der Waals surface area contributed by atoms with Gasteiger partial charge in [-0.25, -0.2) is 9.50 Å². The largest absolute Gasteiger partial charge is 0.305 e. The smallest absolute Gasteiger partial charge is 0.155 e. The molecule has 13 heavy (non-hydrogen) atoms. The molecule has 0 aromatic carbocycles. The first-order valence-corrected chi connectivity index (χ1v) is 3.75. The van der Waals surface area contributed by atoms with Gasteiger partial charge in [-0.05, 0) is 11.6 Å². The molecule has 0 aliphatic rings. The van der Waals surface area contributed by atoms with Gasteiger partial charge in [0.15, 0.2) is 5.65 Å². The van der Waals surface area contributed by atoms with E-state index >= 15 is 0 Å². The Kier molecular flexibility index (Phi) is 1.87. The summed E-state index contributed by atoms with van der Waals surface area (Å²) in [5.74, 6) is 4.89. The van der Waals surface area contributed by atoms with Crippen LogP contribution in [0.5, 0.6) is 0 Å². The van der Waals surface area contributed by atoms with Gasteiger partial charge < -0.3 is 5.84 Å². The van der Waals surface area contributed by atoms with Crippen molar-refractivity contribution in [2.45, 2.75) is 6.54 Å². The fourth-order valence-corrected chi connectivity index (χ4v) is 1.08. The van der Waals surface area contributed by atoms with E-state index < -0.39 is 0 Å². The minimum absolute atomic E-state index is 0.465. The molecule has 2 N–H and O–H groups in total. The Morgan fingerprint density at radius 2 is 2.38 bits per heavy atom. The van der Waals surface area contributed by atoms with Crippen LogP contribution in [0.4, 0.5) is 0 Å². The molecule has 2 aromatic heterocycles. The van der Waals surface area contributed by atoms with Crippen LogP contribution in [0.2, 0.25) is 0 Å². The van der Waals surface area contributed by atoms with Crippen LogP contribution in [0.3, 0.4) is 0 Å². The normalized spacial score (nSPS) is 11.4. The van der Waals surface area contributed by atoms with Crippen molar-refractivity contribution in [2.24, 2.45) is 16.2 Å². The number of rotatable bonds is 2. The minimum Gasteiger partial charge on any atom is -0.305 e. The fourth-order valence-electron chi connectivity index (χ4n) is 1.08. The number of aromatic nitrogens is 3. The monoisotopic (exact) mass is 176 g/mol. The van der Waals surface area contributed by atoms with Crippen LogP contribution >= 0.6 is 0 Å². The lowest BCUT2D eigenvalue weighted by Gasteiger charge is -1.95. The van der Waals surface area contributed by atoms with Gasteiger partial charge in [-0.15, -0.1) is 0 Å². The van der Waals surface area contributed by atoms with Gasteiger partial charge in [0.2, 0.25) is 0 Å². The van der Waals surface area contributed by atoms with Gasteiger partial charge in [-0.3, -0.25) is 0 Å². The van der Waals surface area contributed by atoms with Gasteiger partial charge in [-0.2, -0.15) is 10.2 Å². The summed E-state index contributed by atoms with van der Waals surface area (Å²) in [6.45, 7) is 0.465. The van der Waals surface area contributed by atoms with Crippen molar-refractivity contribution < 1.29 is 0 Å². The molecule has 0 unspecified atom stereocenters. The molecule has 0 saturated carbocycles. The van der Waals surface area contributed by atoms with Crippen molar-refractivity contribution in [3.8, 4) is 0 Å². The topological polar surface area (TPSA) is 80.9 Å². The van der Waals surface area contributed by atoms with Crippen molar-refractivity contribution in [3.63, 3.8) is 0 Å². The zero-order valence-corrected chi connectivity index (χ0v) is 6.83. The number of pyridine rings is 1. The molecule has 0 saturated heterocycles. The summed E-state index contributed by atoms with van der Waals surface area (Å²) >= 11 is 0. The Morgan fingerprint density at radius 1 is 1.46 bits per heavy atom. The van der Waals surface area contributed by atoms with E-state index in [0.717, 1.165) is 11.2 Å². The van der Waals surface area contributed by atoms with Crippen LogP contribution in [-0.2, 0) is 6.54 Å². The van der Waals surface area contributed by atoms with Gasteiger partial charge >= 0.3 is 0 Å². The predicted molar refractivity (Wildman–Crippen MR) is 45.7 cm³/mol. The van der Waals surface area contributed by atoms with Crippen molar-refractivity contribution in [3.05, 3.63) is 30.2 Å². The van der Waals surface area contributed by atoms with Crippen LogP contribution in [0.15, 0.2) is 35.0 Å². The lowest BCUT2D eigenvalue weighted by molar-refractivity contribution is 0.868. The summed E-state index contributed by atoms with van der Waals surface area (Å²) in [6.07, 6.45) is 3.35. The summed E-state index contributed by atoms with van der Waals surface area (Å²) in [7, 11) is 0. The van der Waals surface area contributed by atoms with E-state index in [9.17, 15) is 0 Å². The molecule has 2 rings (SSSR count). The van der Waals surface area contributed by atoms with E-state index in [1.54, 1.807) is 4.52 Å². The molecule has 6 heteroatoms. The maximum atomic E-state index is 4.89. The van der Waals surface area contributed by atoms with E-state index in [0.29, 0.717) is 6.54 Å². The summed E-state index contributed by atoms with van der Waals surface area (Å²) in [6, 6.07) is 3.78. The molecular weight excluding hydrogens is 168 g/mol. The Bertz CT molecular complexity index is 431. The maximum Gasteiger partial charge on any atom is 0.155 e. The molecule has 66 valence electrons. The van der Waals surface area contributed by atoms with Crippen LogP contribution in [0.1, 0.15) is 5.56 Å². The van der Waals surface area contributed by atoms with Crippen LogP contribution in [0.25, 0.3) is 5.65 Å². The molecule has 0 atom stereocenters. The third-order valence-electron chi connectivity index (χ3n) is 1.67. The molecule has 0 aliphatic carbocycles. The van der Waals surface area contributed by atoms with Crippen LogP contribution in [-0.4, -0.2) is 14.6 Å². The highest BCUT2D eigenvalue weighted by atomic mass is 15.3. The Hall–Kier alpha value is -1.98. The number of nitrogens with zero attached hydrogens (tertiary/aromatic N) is 5. The summed E-state index contributed by atoms with van der Waals surface area (Å²) in [5.41, 5.74) is 1.81. The van der Waals surface area contributed by atoms with Crippen LogP contribution in [0, 0.1) is 0 Å². The third-order valence-corrected chi connectivity index (χ3v) is 1.67. The summed E-state index contributed by atoms with van der Waals surface area (Å²) in [5, 5.41) is 10.8. The molecule has 0 bridgehead atoms. The van der Waals surface area contributed by atoms with E-state index in [4.69, 9.17) is 5.84 Å². The number of hydrogen-bond donors (Lipinski definition) is 1. The second-order valence-electron chi connectivity index (χ2n) is 2.52. The van der Waals surface area contributed by atoms with Gasteiger partial charge in [0.05, 0.1) is 6.54 Å². The first-order valence-electron chi connectivity index (χ1n) is 3.75. The van der Waals surface area contributed by atoms with Gasteiger partial charge in [-0.1, -0.05) is 11.3 Å². The first kappa shape index (κ1) is 7.66. The van der Waals surface area contributed by atoms with Gasteiger partial charge in [0.25, 0.3) is 0 Å². The van der Waals surface area contributed by atoms with Gasteiger partial charge in [0, 0.05) is 6.20 Å². The summed E-state index contributed by atoms with van der Waals surface area (Å²) in [4.78, 5) is 4.01. The fraction of sp³-hybridized carbons (Fsp3) is 0.143. The predicted octanol–water partition coefficient (Wildman–Crippen LogP) is 0.555. The first-order chi connectivity index (χ1) is 6.40. The maximum absolute atomic E-state index is 4.89. The average molecular weight is 176 g/mol. The Morgan fingerprint density at radius 3 is 3.23 bits per heavy atom. The van der Waals surface area contributed by atoms with E-state index in [-0.39, 0.29) is 0 Å². The van der Waals surface area contributed by atoms with Crippen LogP contribution < -0.4 is 5.84 Å². The lowest BCUT2D eigenvalue weighted by Crippen LogP contribution is -1.90. The highest BCUT2D eigenvalue weighted by molar-refractivity contribution is 5.37. The van der Waals surface area contributed by atoms with Gasteiger partial charge in [0.1, 0.15) is 6.33 Å². The van der Waals surface area contributed by atoms with E-state index in [2.05, 4.69) is 20.4 Å². The molecule has 2 aromatic rings. The molecule has 0 fully saturated rings. The minimum atomic E-state index is 0.465. The number of fused-ring (bicyclic) bond motifs is 1. The number of nitrogens with two attached hydrogens (primary N) is 1. The second-order valence-corrected chi connectivity index (χ2v) is 2.52.